The zero-order chi connectivity index (χ0) is 19.4. The lowest BCUT2D eigenvalue weighted by molar-refractivity contribution is -0.113. The minimum Gasteiger partial charge on any atom is -0.497 e. The number of nitrogens with one attached hydrogen (secondary N) is 1. The van der Waals surface area contributed by atoms with Gasteiger partial charge in [0.2, 0.25) is 5.91 Å². The standard InChI is InChI=1S/C19H19FN4O2S/c1-12-7-8-14(20)10-16(12)21-17(25)11-27-19-23-22-18(24(19)2)13-5-4-6-15(9-13)26-3/h4-10H,11H2,1-3H3,(H,21,25). The van der Waals surface area contributed by atoms with Gasteiger partial charge in [-0.05, 0) is 36.8 Å². The Labute approximate surface area is 160 Å². The van der Waals surface area contributed by atoms with Crippen molar-refractivity contribution in [1.82, 2.24) is 14.8 Å². The summed E-state index contributed by atoms with van der Waals surface area (Å²) in [5.74, 6) is 0.923. The van der Waals surface area contributed by atoms with Crippen LogP contribution in [0.4, 0.5) is 10.1 Å². The monoisotopic (exact) mass is 386 g/mol. The molecule has 0 aliphatic rings. The molecule has 27 heavy (non-hydrogen) atoms. The molecule has 3 rings (SSSR count). The van der Waals surface area contributed by atoms with Gasteiger partial charge in [0.25, 0.3) is 0 Å². The Hall–Kier alpha value is -2.87. The van der Waals surface area contributed by atoms with Gasteiger partial charge in [-0.2, -0.15) is 0 Å². The number of carbonyl (C=O) groups excluding carboxylic acids is 1. The lowest BCUT2D eigenvalue weighted by atomic mass is 10.2. The Morgan fingerprint density at radius 1 is 1.26 bits per heavy atom. The number of amides is 1. The number of hydrogen-bond acceptors (Lipinski definition) is 5. The van der Waals surface area contributed by atoms with Gasteiger partial charge in [0, 0.05) is 18.3 Å². The highest BCUT2D eigenvalue weighted by Crippen LogP contribution is 2.25. The molecule has 2 aromatic carbocycles. The van der Waals surface area contributed by atoms with Crippen LogP contribution in [0.2, 0.25) is 0 Å². The summed E-state index contributed by atoms with van der Waals surface area (Å²) in [6.07, 6.45) is 0. The molecule has 6 nitrogen and oxygen atoms in total. The summed E-state index contributed by atoms with van der Waals surface area (Å²) in [7, 11) is 3.45. The molecule has 0 fully saturated rings. The van der Waals surface area contributed by atoms with Crippen molar-refractivity contribution in [3.63, 3.8) is 0 Å². The van der Waals surface area contributed by atoms with Crippen LogP contribution in [-0.4, -0.2) is 33.5 Å². The van der Waals surface area contributed by atoms with Gasteiger partial charge < -0.3 is 14.6 Å². The van der Waals surface area contributed by atoms with E-state index in [2.05, 4.69) is 15.5 Å². The number of halogens is 1. The highest BCUT2D eigenvalue weighted by atomic mass is 32.2. The number of anilines is 1. The third-order valence-corrected chi connectivity index (χ3v) is 4.99. The second kappa shape index (κ2) is 8.22. The first-order valence-corrected chi connectivity index (χ1v) is 9.19. The minimum atomic E-state index is -0.389. The van der Waals surface area contributed by atoms with Crippen molar-refractivity contribution in [3.8, 4) is 17.1 Å². The first kappa shape index (κ1) is 18.9. The van der Waals surface area contributed by atoms with Gasteiger partial charge in [-0.15, -0.1) is 10.2 Å². The molecule has 1 amide bonds. The topological polar surface area (TPSA) is 69.0 Å². The number of aryl methyl sites for hydroxylation is 1. The molecule has 8 heteroatoms. The zero-order valence-electron chi connectivity index (χ0n) is 15.2. The van der Waals surface area contributed by atoms with Crippen molar-refractivity contribution >= 4 is 23.4 Å². The molecule has 0 saturated carbocycles. The summed E-state index contributed by atoms with van der Waals surface area (Å²) in [5, 5.41) is 11.7. The van der Waals surface area contributed by atoms with Crippen LogP contribution >= 0.6 is 11.8 Å². The number of thioether (sulfide) groups is 1. The number of carbonyl (C=O) groups is 1. The van der Waals surface area contributed by atoms with E-state index in [9.17, 15) is 9.18 Å². The molecule has 0 atom stereocenters. The van der Waals surface area contributed by atoms with Crippen LogP contribution in [0.3, 0.4) is 0 Å². The van der Waals surface area contributed by atoms with Gasteiger partial charge in [-0.3, -0.25) is 4.79 Å². The molecule has 0 saturated heterocycles. The Balaban J connectivity index is 1.67. The van der Waals surface area contributed by atoms with Crippen LogP contribution in [0.5, 0.6) is 5.75 Å². The minimum absolute atomic E-state index is 0.139. The molecule has 3 aromatic rings. The molecule has 1 heterocycles. The van der Waals surface area contributed by atoms with Crippen molar-refractivity contribution in [3.05, 3.63) is 53.8 Å². The molecular formula is C19H19FN4O2S. The van der Waals surface area contributed by atoms with E-state index in [0.29, 0.717) is 16.7 Å². The van der Waals surface area contributed by atoms with Crippen molar-refractivity contribution in [2.45, 2.75) is 12.1 Å². The smallest absolute Gasteiger partial charge is 0.234 e. The Bertz CT molecular complexity index is 974. The van der Waals surface area contributed by atoms with Gasteiger partial charge >= 0.3 is 0 Å². The van der Waals surface area contributed by atoms with Crippen molar-refractivity contribution < 1.29 is 13.9 Å². The van der Waals surface area contributed by atoms with E-state index in [4.69, 9.17) is 4.74 Å². The number of nitrogens with zero attached hydrogens (tertiary/aromatic N) is 3. The molecule has 0 unspecified atom stereocenters. The summed E-state index contributed by atoms with van der Waals surface area (Å²) in [4.78, 5) is 12.2. The summed E-state index contributed by atoms with van der Waals surface area (Å²) in [5.41, 5.74) is 2.14. The van der Waals surface area contributed by atoms with Crippen molar-refractivity contribution in [2.75, 3.05) is 18.2 Å². The Morgan fingerprint density at radius 3 is 2.85 bits per heavy atom. The highest BCUT2D eigenvalue weighted by molar-refractivity contribution is 7.99. The second-order valence-corrected chi connectivity index (χ2v) is 6.84. The molecule has 140 valence electrons. The number of aromatic nitrogens is 3. The van der Waals surface area contributed by atoms with Gasteiger partial charge in [0.1, 0.15) is 11.6 Å². The molecule has 0 aliphatic carbocycles. The summed E-state index contributed by atoms with van der Waals surface area (Å²) in [6, 6.07) is 11.8. The fourth-order valence-electron chi connectivity index (χ4n) is 2.50. The number of methoxy groups -OCH3 is 1. The van der Waals surface area contributed by atoms with E-state index < -0.39 is 0 Å². The number of hydrogen-bond donors (Lipinski definition) is 1. The predicted octanol–water partition coefficient (Wildman–Crippen LogP) is 3.67. The Morgan fingerprint density at radius 2 is 2.07 bits per heavy atom. The quantitative estimate of drug-likeness (QED) is 0.655. The zero-order valence-corrected chi connectivity index (χ0v) is 16.0. The molecule has 0 radical (unpaired) electrons. The third-order valence-electron chi connectivity index (χ3n) is 3.97. The van der Waals surface area contributed by atoms with E-state index >= 15 is 0 Å². The summed E-state index contributed by atoms with van der Waals surface area (Å²) < 4.78 is 20.4. The van der Waals surface area contributed by atoms with E-state index in [1.807, 2.05) is 42.8 Å². The molecule has 0 aliphatic heterocycles. The first-order valence-electron chi connectivity index (χ1n) is 8.20. The average molecular weight is 386 g/mol. The predicted molar refractivity (Wildman–Crippen MR) is 103 cm³/mol. The largest absolute Gasteiger partial charge is 0.497 e. The third kappa shape index (κ3) is 4.46. The molecule has 1 aromatic heterocycles. The highest BCUT2D eigenvalue weighted by Gasteiger charge is 2.14. The number of rotatable bonds is 6. The van der Waals surface area contributed by atoms with Crippen molar-refractivity contribution in [2.24, 2.45) is 7.05 Å². The maximum Gasteiger partial charge on any atom is 0.234 e. The summed E-state index contributed by atoms with van der Waals surface area (Å²) in [6.45, 7) is 1.81. The first-order chi connectivity index (χ1) is 13.0. The fraction of sp³-hybridized carbons (Fsp3) is 0.211. The maximum atomic E-state index is 13.3. The molecule has 0 bridgehead atoms. The van der Waals surface area contributed by atoms with Gasteiger partial charge in [-0.25, -0.2) is 4.39 Å². The van der Waals surface area contributed by atoms with E-state index in [1.165, 1.54) is 23.9 Å². The van der Waals surface area contributed by atoms with Crippen LogP contribution in [0, 0.1) is 12.7 Å². The lowest BCUT2D eigenvalue weighted by Crippen LogP contribution is -2.15. The second-order valence-electron chi connectivity index (χ2n) is 5.89. The number of ether oxygens (including phenoxy) is 1. The van der Waals surface area contributed by atoms with Gasteiger partial charge in [0.05, 0.1) is 12.9 Å². The van der Waals surface area contributed by atoms with Crippen LogP contribution in [-0.2, 0) is 11.8 Å². The summed E-state index contributed by atoms with van der Waals surface area (Å²) >= 11 is 1.26. The Kier molecular flexibility index (Phi) is 5.75. The lowest BCUT2D eigenvalue weighted by Gasteiger charge is -2.08. The van der Waals surface area contributed by atoms with Gasteiger partial charge in [-0.1, -0.05) is 30.0 Å². The maximum absolute atomic E-state index is 13.3. The van der Waals surface area contributed by atoms with Gasteiger partial charge in [0.15, 0.2) is 11.0 Å². The number of benzene rings is 2. The van der Waals surface area contributed by atoms with Crippen LogP contribution in [0.25, 0.3) is 11.4 Å². The SMILES string of the molecule is COc1cccc(-c2nnc(SCC(=O)Nc3cc(F)ccc3C)n2C)c1. The molecular weight excluding hydrogens is 367 g/mol. The normalized spacial score (nSPS) is 10.7. The van der Waals surface area contributed by atoms with E-state index in [1.54, 1.807) is 13.2 Å². The molecule has 1 N–H and O–H groups in total. The van der Waals surface area contributed by atoms with Crippen LogP contribution < -0.4 is 10.1 Å². The van der Waals surface area contributed by atoms with E-state index in [-0.39, 0.29) is 17.5 Å². The van der Waals surface area contributed by atoms with Crippen molar-refractivity contribution in [1.29, 1.82) is 0 Å². The van der Waals surface area contributed by atoms with Crippen LogP contribution in [0.15, 0.2) is 47.6 Å². The van der Waals surface area contributed by atoms with E-state index in [0.717, 1.165) is 16.9 Å². The average Bonchev–Trinajstić information content (AvgIpc) is 3.03. The molecule has 0 spiro atoms. The van der Waals surface area contributed by atoms with Crippen LogP contribution in [0.1, 0.15) is 5.56 Å². The fourth-order valence-corrected chi connectivity index (χ4v) is 3.21.